The Morgan fingerprint density at radius 3 is 2.73 bits per heavy atom. The van der Waals surface area contributed by atoms with Crippen LogP contribution in [0.15, 0.2) is 12.2 Å². The summed E-state index contributed by atoms with van der Waals surface area (Å²) >= 11 is 5.18. The molecule has 0 aromatic heterocycles. The second-order valence-corrected chi connectivity index (χ2v) is 2.64. The van der Waals surface area contributed by atoms with E-state index < -0.39 is 11.5 Å². The number of alkyl halides is 1. The number of halogens is 1. The SMILES string of the molecule is C=C(C)C(=O)OCCC(O)Cl. The van der Waals surface area contributed by atoms with E-state index in [2.05, 4.69) is 11.3 Å². The average Bonchev–Trinajstić information content (AvgIpc) is 1.86. The van der Waals surface area contributed by atoms with Crippen LogP contribution in [0.5, 0.6) is 0 Å². The fourth-order valence-electron chi connectivity index (χ4n) is 0.372. The fourth-order valence-corrected chi connectivity index (χ4v) is 0.461. The summed E-state index contributed by atoms with van der Waals surface area (Å²) in [7, 11) is 0. The zero-order valence-electron chi connectivity index (χ0n) is 6.34. The predicted octanol–water partition coefficient (Wildman–Crippen LogP) is 1.05. The van der Waals surface area contributed by atoms with Crippen molar-refractivity contribution < 1.29 is 14.6 Å². The first kappa shape index (κ1) is 10.5. The third-order valence-corrected chi connectivity index (χ3v) is 1.16. The number of aliphatic hydroxyl groups excluding tert-OH is 1. The largest absolute Gasteiger partial charge is 0.462 e. The van der Waals surface area contributed by atoms with Gasteiger partial charge in [0.15, 0.2) is 0 Å². The molecule has 0 aromatic rings. The number of ether oxygens (including phenoxy) is 1. The van der Waals surface area contributed by atoms with E-state index in [0.717, 1.165) is 0 Å². The molecule has 0 heterocycles. The van der Waals surface area contributed by atoms with Crippen molar-refractivity contribution in [1.82, 2.24) is 0 Å². The van der Waals surface area contributed by atoms with Crippen LogP contribution in [0.3, 0.4) is 0 Å². The minimum atomic E-state index is -0.951. The zero-order valence-corrected chi connectivity index (χ0v) is 7.10. The summed E-state index contributed by atoms with van der Waals surface area (Å²) in [6.07, 6.45) is 0.237. The van der Waals surface area contributed by atoms with E-state index in [1.165, 1.54) is 0 Å². The minimum Gasteiger partial charge on any atom is -0.462 e. The van der Waals surface area contributed by atoms with Crippen molar-refractivity contribution in [1.29, 1.82) is 0 Å². The molecule has 64 valence electrons. The topological polar surface area (TPSA) is 46.5 Å². The summed E-state index contributed by atoms with van der Waals surface area (Å²) in [5, 5.41) is 8.56. The Morgan fingerprint density at radius 1 is 1.82 bits per heavy atom. The molecule has 1 N–H and O–H groups in total. The standard InChI is InChI=1S/C7H11ClO3/c1-5(2)7(10)11-4-3-6(8)9/h6,9H,1,3-4H2,2H3. The van der Waals surface area contributed by atoms with E-state index >= 15 is 0 Å². The first-order valence-corrected chi connectivity index (χ1v) is 3.62. The van der Waals surface area contributed by atoms with Crippen LogP contribution in [0.1, 0.15) is 13.3 Å². The maximum atomic E-state index is 10.7. The Labute approximate surface area is 70.6 Å². The molecule has 1 unspecified atom stereocenters. The van der Waals surface area contributed by atoms with Crippen LogP contribution < -0.4 is 0 Å². The molecule has 0 aromatic carbocycles. The Kier molecular flexibility index (Phi) is 4.90. The van der Waals surface area contributed by atoms with Crippen LogP contribution in [0, 0.1) is 0 Å². The van der Waals surface area contributed by atoms with Crippen LogP contribution in [0.2, 0.25) is 0 Å². The van der Waals surface area contributed by atoms with E-state index in [-0.39, 0.29) is 13.0 Å². The molecule has 0 bridgehead atoms. The Balaban J connectivity index is 3.40. The summed E-state index contributed by atoms with van der Waals surface area (Å²) in [5.74, 6) is -0.456. The minimum absolute atomic E-state index is 0.121. The van der Waals surface area contributed by atoms with Crippen molar-refractivity contribution in [3.05, 3.63) is 12.2 Å². The van der Waals surface area contributed by atoms with Gasteiger partial charge in [-0.15, -0.1) is 0 Å². The molecule has 0 aliphatic heterocycles. The molecule has 11 heavy (non-hydrogen) atoms. The van der Waals surface area contributed by atoms with E-state index in [9.17, 15) is 4.79 Å². The average molecular weight is 179 g/mol. The lowest BCUT2D eigenvalue weighted by molar-refractivity contribution is -0.139. The zero-order chi connectivity index (χ0) is 8.85. The second-order valence-electron chi connectivity index (χ2n) is 2.14. The third-order valence-electron chi connectivity index (χ3n) is 0.938. The predicted molar refractivity (Wildman–Crippen MR) is 42.2 cm³/mol. The van der Waals surface area contributed by atoms with Gasteiger partial charge in [-0.2, -0.15) is 0 Å². The monoisotopic (exact) mass is 178 g/mol. The molecule has 4 heteroatoms. The molecule has 0 aliphatic carbocycles. The van der Waals surface area contributed by atoms with Gasteiger partial charge in [0.05, 0.1) is 6.61 Å². The molecule has 0 amide bonds. The molecule has 3 nitrogen and oxygen atoms in total. The Morgan fingerprint density at radius 2 is 2.36 bits per heavy atom. The van der Waals surface area contributed by atoms with Crippen LogP contribution in [0.4, 0.5) is 0 Å². The van der Waals surface area contributed by atoms with Gasteiger partial charge in [0, 0.05) is 12.0 Å². The normalized spacial score (nSPS) is 12.3. The molecule has 0 radical (unpaired) electrons. The smallest absolute Gasteiger partial charge is 0.333 e. The molecular formula is C7H11ClO3. The molecular weight excluding hydrogens is 168 g/mol. The lowest BCUT2D eigenvalue weighted by Crippen LogP contribution is -2.09. The quantitative estimate of drug-likeness (QED) is 0.398. The molecule has 0 saturated heterocycles. The highest BCUT2D eigenvalue weighted by Gasteiger charge is 2.03. The lowest BCUT2D eigenvalue weighted by Gasteiger charge is -2.03. The van der Waals surface area contributed by atoms with Gasteiger partial charge < -0.3 is 9.84 Å². The van der Waals surface area contributed by atoms with E-state index in [1.54, 1.807) is 6.92 Å². The number of esters is 1. The second kappa shape index (κ2) is 5.16. The van der Waals surface area contributed by atoms with Crippen molar-refractivity contribution >= 4 is 17.6 Å². The molecule has 0 fully saturated rings. The van der Waals surface area contributed by atoms with Crippen molar-refractivity contribution in [2.24, 2.45) is 0 Å². The van der Waals surface area contributed by atoms with Crippen molar-refractivity contribution in [2.45, 2.75) is 18.9 Å². The van der Waals surface area contributed by atoms with Gasteiger partial charge in [-0.05, 0) is 6.92 Å². The number of hydrogen-bond donors (Lipinski definition) is 1. The van der Waals surface area contributed by atoms with Crippen LogP contribution in [-0.2, 0) is 9.53 Å². The highest BCUT2D eigenvalue weighted by molar-refractivity contribution is 6.19. The third kappa shape index (κ3) is 5.88. The summed E-state index contributed by atoms with van der Waals surface area (Å²) < 4.78 is 4.63. The molecule has 0 aliphatic rings. The number of carbonyl (C=O) groups is 1. The van der Waals surface area contributed by atoms with Gasteiger partial charge in [-0.3, -0.25) is 0 Å². The first-order chi connectivity index (χ1) is 5.04. The van der Waals surface area contributed by atoms with Gasteiger partial charge in [0.25, 0.3) is 0 Å². The van der Waals surface area contributed by atoms with E-state index in [0.29, 0.717) is 5.57 Å². The van der Waals surface area contributed by atoms with Crippen molar-refractivity contribution in [3.8, 4) is 0 Å². The lowest BCUT2D eigenvalue weighted by atomic mass is 10.4. The summed E-state index contributed by atoms with van der Waals surface area (Å²) in [5.41, 5.74) is -0.609. The van der Waals surface area contributed by atoms with E-state index in [4.69, 9.17) is 16.7 Å². The summed E-state index contributed by atoms with van der Waals surface area (Å²) in [6, 6.07) is 0. The number of carbonyl (C=O) groups excluding carboxylic acids is 1. The van der Waals surface area contributed by atoms with Gasteiger partial charge in [0.1, 0.15) is 5.56 Å². The van der Waals surface area contributed by atoms with Crippen LogP contribution in [0.25, 0.3) is 0 Å². The van der Waals surface area contributed by atoms with Crippen molar-refractivity contribution in [3.63, 3.8) is 0 Å². The molecule has 1 atom stereocenters. The molecule has 0 spiro atoms. The number of rotatable bonds is 4. The van der Waals surface area contributed by atoms with Gasteiger partial charge >= 0.3 is 5.97 Å². The maximum absolute atomic E-state index is 10.7. The maximum Gasteiger partial charge on any atom is 0.333 e. The first-order valence-electron chi connectivity index (χ1n) is 3.19. The number of aliphatic hydroxyl groups is 1. The van der Waals surface area contributed by atoms with Gasteiger partial charge in [-0.1, -0.05) is 18.2 Å². The van der Waals surface area contributed by atoms with Crippen LogP contribution >= 0.6 is 11.6 Å². The van der Waals surface area contributed by atoms with E-state index in [1.807, 2.05) is 0 Å². The highest BCUT2D eigenvalue weighted by Crippen LogP contribution is 1.99. The summed E-state index contributed by atoms with van der Waals surface area (Å²) in [6.45, 7) is 5.06. The van der Waals surface area contributed by atoms with Gasteiger partial charge in [-0.25, -0.2) is 4.79 Å². The van der Waals surface area contributed by atoms with Gasteiger partial charge in [0.2, 0.25) is 0 Å². The number of hydrogen-bond acceptors (Lipinski definition) is 3. The summed E-state index contributed by atoms with van der Waals surface area (Å²) in [4.78, 5) is 10.7. The Bertz CT molecular complexity index is 154. The molecule has 0 rings (SSSR count). The Hall–Kier alpha value is -0.540. The molecule has 0 saturated carbocycles. The van der Waals surface area contributed by atoms with Crippen molar-refractivity contribution in [2.75, 3.05) is 6.61 Å². The fraction of sp³-hybridized carbons (Fsp3) is 0.571. The highest BCUT2D eigenvalue weighted by atomic mass is 35.5. The van der Waals surface area contributed by atoms with Crippen LogP contribution in [-0.4, -0.2) is 23.2 Å².